The lowest BCUT2D eigenvalue weighted by Crippen LogP contribution is -2.03. The van der Waals surface area contributed by atoms with Gasteiger partial charge in [-0.15, -0.1) is 11.3 Å². The molecule has 0 amide bonds. The Hall–Kier alpha value is -0.610. The first-order chi connectivity index (χ1) is 7.29. The highest BCUT2D eigenvalue weighted by molar-refractivity contribution is 9.10. The fraction of sp³-hybridized carbons (Fsp3) is 0.364. The molecule has 1 aliphatic carbocycles. The van der Waals surface area contributed by atoms with Crippen LogP contribution in [0.15, 0.2) is 15.9 Å². The molecule has 0 N–H and O–H groups in total. The van der Waals surface area contributed by atoms with E-state index in [1.165, 1.54) is 23.1 Å². The first kappa shape index (κ1) is 9.60. The number of aldehydes is 1. The minimum Gasteiger partial charge on any atom is -0.336 e. The van der Waals surface area contributed by atoms with Crippen molar-refractivity contribution in [2.24, 2.45) is 5.92 Å². The molecule has 2 aromatic heterocycles. The van der Waals surface area contributed by atoms with Gasteiger partial charge in [-0.2, -0.15) is 0 Å². The van der Waals surface area contributed by atoms with E-state index >= 15 is 0 Å². The Labute approximate surface area is 100 Å². The zero-order valence-corrected chi connectivity index (χ0v) is 10.5. The normalized spacial score (nSPS) is 16.1. The van der Waals surface area contributed by atoms with Crippen LogP contribution in [0.1, 0.15) is 23.3 Å². The maximum absolute atomic E-state index is 11.0. The van der Waals surface area contributed by atoms with E-state index in [9.17, 15) is 4.79 Å². The average Bonchev–Trinajstić information content (AvgIpc) is 2.87. The van der Waals surface area contributed by atoms with Crippen molar-refractivity contribution >= 4 is 43.8 Å². The summed E-state index contributed by atoms with van der Waals surface area (Å²) in [6, 6.07) is 1.99. The summed E-state index contributed by atoms with van der Waals surface area (Å²) in [5, 5.41) is 2.09. The number of rotatable bonds is 3. The van der Waals surface area contributed by atoms with Gasteiger partial charge < -0.3 is 4.57 Å². The molecule has 0 bridgehead atoms. The molecule has 1 fully saturated rings. The van der Waals surface area contributed by atoms with Gasteiger partial charge in [0.1, 0.15) is 0 Å². The summed E-state index contributed by atoms with van der Waals surface area (Å²) in [4.78, 5) is 11.0. The van der Waals surface area contributed by atoms with E-state index in [1.807, 2.05) is 6.07 Å². The van der Waals surface area contributed by atoms with Crippen molar-refractivity contribution < 1.29 is 4.79 Å². The second-order valence-corrected chi connectivity index (χ2v) is 5.80. The van der Waals surface area contributed by atoms with E-state index in [1.54, 1.807) is 11.3 Å². The number of aromatic nitrogens is 1. The Morgan fingerprint density at radius 1 is 1.60 bits per heavy atom. The maximum atomic E-state index is 11.0. The van der Waals surface area contributed by atoms with E-state index < -0.39 is 0 Å². The quantitative estimate of drug-likeness (QED) is 0.788. The standard InChI is InChI=1S/C11H10BrNOS/c12-9-6-15-10-3-8(5-14)13(11(9)10)4-7-1-2-7/h3,5-7H,1-2,4H2. The second-order valence-electron chi connectivity index (χ2n) is 4.04. The Kier molecular flexibility index (Phi) is 2.21. The van der Waals surface area contributed by atoms with Gasteiger partial charge in [0.2, 0.25) is 0 Å². The topological polar surface area (TPSA) is 22.0 Å². The highest BCUT2D eigenvalue weighted by atomic mass is 79.9. The van der Waals surface area contributed by atoms with E-state index in [4.69, 9.17) is 0 Å². The molecule has 2 nitrogen and oxygen atoms in total. The molecule has 2 aromatic rings. The van der Waals surface area contributed by atoms with Crippen molar-refractivity contribution in [3.8, 4) is 0 Å². The van der Waals surface area contributed by atoms with E-state index in [0.717, 1.165) is 28.9 Å². The number of hydrogen-bond donors (Lipinski definition) is 0. The molecular formula is C11H10BrNOS. The molecule has 0 aromatic carbocycles. The lowest BCUT2D eigenvalue weighted by molar-refractivity contribution is 0.111. The van der Waals surface area contributed by atoms with Gasteiger partial charge in [-0.25, -0.2) is 0 Å². The van der Waals surface area contributed by atoms with Crippen LogP contribution in [0, 0.1) is 5.92 Å². The molecule has 0 aliphatic heterocycles. The van der Waals surface area contributed by atoms with Crippen molar-refractivity contribution in [2.45, 2.75) is 19.4 Å². The fourth-order valence-electron chi connectivity index (χ4n) is 1.90. The van der Waals surface area contributed by atoms with Crippen LogP contribution >= 0.6 is 27.3 Å². The van der Waals surface area contributed by atoms with Gasteiger partial charge in [-0.3, -0.25) is 4.79 Å². The molecule has 2 heterocycles. The van der Waals surface area contributed by atoms with Crippen LogP contribution in [0.25, 0.3) is 10.2 Å². The zero-order valence-electron chi connectivity index (χ0n) is 8.07. The lowest BCUT2D eigenvalue weighted by Gasteiger charge is -2.05. The molecule has 0 radical (unpaired) electrons. The van der Waals surface area contributed by atoms with Crippen molar-refractivity contribution in [3.05, 3.63) is 21.6 Å². The summed E-state index contributed by atoms with van der Waals surface area (Å²) in [7, 11) is 0. The van der Waals surface area contributed by atoms with Crippen molar-refractivity contribution in [1.82, 2.24) is 4.57 Å². The monoisotopic (exact) mass is 283 g/mol. The third-order valence-electron chi connectivity index (χ3n) is 2.87. The highest BCUT2D eigenvalue weighted by Crippen LogP contribution is 2.37. The average molecular weight is 284 g/mol. The summed E-state index contributed by atoms with van der Waals surface area (Å²) >= 11 is 5.23. The molecule has 0 spiro atoms. The van der Waals surface area contributed by atoms with Gasteiger partial charge in [0.15, 0.2) is 6.29 Å². The fourth-order valence-corrected chi connectivity index (χ4v) is 3.61. The second kappa shape index (κ2) is 3.46. The number of halogens is 1. The Morgan fingerprint density at radius 2 is 2.40 bits per heavy atom. The number of fused-ring (bicyclic) bond motifs is 1. The predicted octanol–water partition coefficient (Wildman–Crippen LogP) is 3.69. The molecule has 0 unspecified atom stereocenters. The van der Waals surface area contributed by atoms with Crippen LogP contribution in [-0.4, -0.2) is 10.9 Å². The summed E-state index contributed by atoms with van der Waals surface area (Å²) in [5.41, 5.74) is 2.00. The Balaban J connectivity index is 2.18. The summed E-state index contributed by atoms with van der Waals surface area (Å²) < 4.78 is 4.46. The molecular weight excluding hydrogens is 274 g/mol. The number of hydrogen-bond acceptors (Lipinski definition) is 2. The zero-order chi connectivity index (χ0) is 10.4. The first-order valence-electron chi connectivity index (χ1n) is 5.01. The lowest BCUT2D eigenvalue weighted by atomic mass is 10.4. The van der Waals surface area contributed by atoms with Gasteiger partial charge in [0.25, 0.3) is 0 Å². The molecule has 78 valence electrons. The van der Waals surface area contributed by atoms with E-state index in [2.05, 4.69) is 25.9 Å². The van der Waals surface area contributed by atoms with Gasteiger partial charge in [-0.1, -0.05) is 0 Å². The van der Waals surface area contributed by atoms with Gasteiger partial charge in [0.05, 0.1) is 20.4 Å². The maximum Gasteiger partial charge on any atom is 0.166 e. The highest BCUT2D eigenvalue weighted by Gasteiger charge is 2.24. The van der Waals surface area contributed by atoms with Crippen LogP contribution in [0.5, 0.6) is 0 Å². The van der Waals surface area contributed by atoms with Crippen LogP contribution in [0.2, 0.25) is 0 Å². The molecule has 15 heavy (non-hydrogen) atoms. The molecule has 1 saturated carbocycles. The third-order valence-corrected chi connectivity index (χ3v) is 4.69. The summed E-state index contributed by atoms with van der Waals surface area (Å²) in [6.07, 6.45) is 3.57. The van der Waals surface area contributed by atoms with Crippen LogP contribution in [-0.2, 0) is 6.54 Å². The van der Waals surface area contributed by atoms with Crippen molar-refractivity contribution in [2.75, 3.05) is 0 Å². The molecule has 3 rings (SSSR count). The molecule has 1 aliphatic rings. The molecule has 0 saturated heterocycles. The van der Waals surface area contributed by atoms with Crippen LogP contribution < -0.4 is 0 Å². The minimum atomic E-state index is 0.783. The van der Waals surface area contributed by atoms with Gasteiger partial charge in [-0.05, 0) is 40.8 Å². The van der Waals surface area contributed by atoms with Crippen molar-refractivity contribution in [3.63, 3.8) is 0 Å². The largest absolute Gasteiger partial charge is 0.336 e. The first-order valence-corrected chi connectivity index (χ1v) is 6.68. The summed E-state index contributed by atoms with van der Waals surface area (Å²) in [5.74, 6) is 0.783. The smallest absolute Gasteiger partial charge is 0.166 e. The molecule has 0 atom stereocenters. The number of nitrogens with zero attached hydrogens (tertiary/aromatic N) is 1. The number of carbonyl (C=O) groups is 1. The number of thiophene rings is 1. The van der Waals surface area contributed by atoms with Crippen LogP contribution in [0.4, 0.5) is 0 Å². The van der Waals surface area contributed by atoms with Gasteiger partial charge in [0, 0.05) is 11.9 Å². The summed E-state index contributed by atoms with van der Waals surface area (Å²) in [6.45, 7) is 0.993. The Bertz CT molecular complexity index is 524. The van der Waals surface area contributed by atoms with E-state index in [-0.39, 0.29) is 0 Å². The van der Waals surface area contributed by atoms with Crippen LogP contribution in [0.3, 0.4) is 0 Å². The molecule has 4 heteroatoms. The van der Waals surface area contributed by atoms with E-state index in [0.29, 0.717) is 0 Å². The number of carbonyl (C=O) groups excluding carboxylic acids is 1. The minimum absolute atomic E-state index is 0.783. The SMILES string of the molecule is O=Cc1cc2scc(Br)c2n1CC1CC1. The Morgan fingerprint density at radius 3 is 3.07 bits per heavy atom. The predicted molar refractivity (Wildman–Crippen MR) is 65.6 cm³/mol. The van der Waals surface area contributed by atoms with Gasteiger partial charge >= 0.3 is 0 Å². The third kappa shape index (κ3) is 1.56. The van der Waals surface area contributed by atoms with Crippen molar-refractivity contribution in [1.29, 1.82) is 0 Å².